The van der Waals surface area contributed by atoms with Crippen LogP contribution >= 0.6 is 0 Å². The van der Waals surface area contributed by atoms with Crippen LogP contribution in [0.4, 0.5) is 0 Å². The van der Waals surface area contributed by atoms with Crippen LogP contribution in [0.2, 0.25) is 0 Å². The maximum Gasteiger partial charge on any atom is 0.226 e. The second-order valence-electron chi connectivity index (χ2n) is 5.99. The van der Waals surface area contributed by atoms with Crippen molar-refractivity contribution in [2.45, 2.75) is 40.5 Å². The van der Waals surface area contributed by atoms with Gasteiger partial charge in [0.05, 0.1) is 6.42 Å². The SMILES string of the molecule is CCN(CC)CCCNC(=O)Cc1noc2c(C)cc(C)cc12. The summed E-state index contributed by atoms with van der Waals surface area (Å²) in [5, 5.41) is 7.99. The Kier molecular flexibility index (Phi) is 6.16. The van der Waals surface area contributed by atoms with Crippen molar-refractivity contribution in [1.82, 2.24) is 15.4 Å². The van der Waals surface area contributed by atoms with Gasteiger partial charge in [0.1, 0.15) is 5.69 Å². The molecule has 1 amide bonds. The summed E-state index contributed by atoms with van der Waals surface area (Å²) < 4.78 is 5.39. The van der Waals surface area contributed by atoms with Gasteiger partial charge in [0.2, 0.25) is 5.91 Å². The van der Waals surface area contributed by atoms with Crippen LogP contribution in [0.15, 0.2) is 16.7 Å². The van der Waals surface area contributed by atoms with Crippen molar-refractivity contribution >= 4 is 16.9 Å². The first-order valence-electron chi connectivity index (χ1n) is 8.39. The van der Waals surface area contributed by atoms with Gasteiger partial charge in [-0.15, -0.1) is 0 Å². The van der Waals surface area contributed by atoms with E-state index in [1.807, 2.05) is 19.9 Å². The fourth-order valence-corrected chi connectivity index (χ4v) is 2.85. The van der Waals surface area contributed by atoms with Crippen LogP contribution in [0.1, 0.15) is 37.1 Å². The average Bonchev–Trinajstić information content (AvgIpc) is 2.90. The van der Waals surface area contributed by atoms with Crippen LogP contribution in [0.25, 0.3) is 11.0 Å². The topological polar surface area (TPSA) is 58.4 Å². The van der Waals surface area contributed by atoms with Crippen molar-refractivity contribution < 1.29 is 9.32 Å². The highest BCUT2D eigenvalue weighted by Crippen LogP contribution is 2.23. The van der Waals surface area contributed by atoms with Gasteiger partial charge < -0.3 is 14.7 Å². The van der Waals surface area contributed by atoms with E-state index in [1.165, 1.54) is 0 Å². The third-order valence-corrected chi connectivity index (χ3v) is 4.17. The van der Waals surface area contributed by atoms with Crippen molar-refractivity contribution in [3.8, 4) is 0 Å². The zero-order chi connectivity index (χ0) is 16.8. The van der Waals surface area contributed by atoms with Crippen molar-refractivity contribution in [3.05, 3.63) is 29.0 Å². The minimum absolute atomic E-state index is 0.00101. The molecule has 0 atom stereocenters. The highest BCUT2D eigenvalue weighted by molar-refractivity contribution is 5.88. The molecule has 5 heteroatoms. The van der Waals surface area contributed by atoms with Crippen molar-refractivity contribution in [1.29, 1.82) is 0 Å². The molecule has 1 aromatic carbocycles. The molecule has 1 N–H and O–H groups in total. The van der Waals surface area contributed by atoms with E-state index in [-0.39, 0.29) is 12.3 Å². The molecule has 126 valence electrons. The predicted octanol–water partition coefficient (Wildman–Crippen LogP) is 2.84. The lowest BCUT2D eigenvalue weighted by molar-refractivity contribution is -0.120. The molecular formula is C18H27N3O2. The molecule has 0 saturated carbocycles. The van der Waals surface area contributed by atoms with Crippen molar-refractivity contribution in [3.63, 3.8) is 0 Å². The molecular weight excluding hydrogens is 290 g/mol. The Hall–Kier alpha value is -1.88. The van der Waals surface area contributed by atoms with Gasteiger partial charge in [0.25, 0.3) is 0 Å². The summed E-state index contributed by atoms with van der Waals surface area (Å²) in [6, 6.07) is 4.09. The first-order chi connectivity index (χ1) is 11.0. The zero-order valence-corrected chi connectivity index (χ0v) is 14.6. The highest BCUT2D eigenvalue weighted by Gasteiger charge is 2.14. The molecule has 0 bridgehead atoms. The third-order valence-electron chi connectivity index (χ3n) is 4.17. The van der Waals surface area contributed by atoms with Crippen LogP contribution in [-0.2, 0) is 11.2 Å². The van der Waals surface area contributed by atoms with Crippen LogP contribution < -0.4 is 5.32 Å². The summed E-state index contributed by atoms with van der Waals surface area (Å²) in [5.41, 5.74) is 3.70. The molecule has 1 heterocycles. The van der Waals surface area contributed by atoms with E-state index in [1.54, 1.807) is 0 Å². The van der Waals surface area contributed by atoms with Gasteiger partial charge >= 0.3 is 0 Å². The maximum absolute atomic E-state index is 12.1. The lowest BCUT2D eigenvalue weighted by Crippen LogP contribution is -2.30. The number of hydrogen-bond donors (Lipinski definition) is 1. The van der Waals surface area contributed by atoms with Crippen LogP contribution in [-0.4, -0.2) is 42.1 Å². The van der Waals surface area contributed by atoms with Crippen LogP contribution in [0.3, 0.4) is 0 Å². The lowest BCUT2D eigenvalue weighted by Gasteiger charge is -2.17. The second-order valence-corrected chi connectivity index (χ2v) is 5.99. The zero-order valence-electron chi connectivity index (χ0n) is 14.6. The molecule has 0 radical (unpaired) electrons. The Bertz CT molecular complexity index is 660. The molecule has 0 spiro atoms. The van der Waals surface area contributed by atoms with E-state index in [9.17, 15) is 4.79 Å². The summed E-state index contributed by atoms with van der Waals surface area (Å²) in [6.45, 7) is 12.2. The number of nitrogens with zero attached hydrogens (tertiary/aromatic N) is 2. The number of nitrogens with one attached hydrogen (secondary N) is 1. The summed E-state index contributed by atoms with van der Waals surface area (Å²) in [4.78, 5) is 14.5. The molecule has 0 unspecified atom stereocenters. The fourth-order valence-electron chi connectivity index (χ4n) is 2.85. The van der Waals surface area contributed by atoms with Gasteiger partial charge in [-0.3, -0.25) is 4.79 Å². The lowest BCUT2D eigenvalue weighted by atomic mass is 10.1. The largest absolute Gasteiger partial charge is 0.356 e. The number of aromatic nitrogens is 1. The first kappa shape index (κ1) is 17.5. The molecule has 5 nitrogen and oxygen atoms in total. The number of fused-ring (bicyclic) bond motifs is 1. The quantitative estimate of drug-likeness (QED) is 0.761. The Morgan fingerprint density at radius 3 is 2.70 bits per heavy atom. The van der Waals surface area contributed by atoms with E-state index >= 15 is 0 Å². The number of rotatable bonds is 8. The first-order valence-corrected chi connectivity index (χ1v) is 8.39. The van der Waals surface area contributed by atoms with E-state index in [4.69, 9.17) is 4.52 Å². The molecule has 0 aliphatic carbocycles. The fraction of sp³-hybridized carbons (Fsp3) is 0.556. The van der Waals surface area contributed by atoms with Gasteiger partial charge in [-0.1, -0.05) is 25.1 Å². The molecule has 2 rings (SSSR count). The number of carbonyl (C=O) groups excluding carboxylic acids is 1. The summed E-state index contributed by atoms with van der Waals surface area (Å²) in [5.74, 6) is -0.00101. The van der Waals surface area contributed by atoms with Crippen molar-refractivity contribution in [2.75, 3.05) is 26.2 Å². The Morgan fingerprint density at radius 1 is 1.26 bits per heavy atom. The minimum Gasteiger partial charge on any atom is -0.356 e. The van der Waals surface area contributed by atoms with Crippen LogP contribution in [0, 0.1) is 13.8 Å². The monoisotopic (exact) mass is 317 g/mol. The summed E-state index contributed by atoms with van der Waals surface area (Å²) in [6.07, 6.45) is 1.23. The number of hydrogen-bond acceptors (Lipinski definition) is 4. The number of aryl methyl sites for hydroxylation is 2. The van der Waals surface area contributed by atoms with E-state index in [0.29, 0.717) is 12.2 Å². The van der Waals surface area contributed by atoms with E-state index in [2.05, 4.69) is 35.3 Å². The molecule has 0 aliphatic heterocycles. The summed E-state index contributed by atoms with van der Waals surface area (Å²) in [7, 11) is 0. The molecule has 0 fully saturated rings. The number of carbonyl (C=O) groups is 1. The van der Waals surface area contributed by atoms with E-state index < -0.39 is 0 Å². The molecule has 1 aromatic heterocycles. The van der Waals surface area contributed by atoms with Gasteiger partial charge in [-0.05, 0) is 57.1 Å². The van der Waals surface area contributed by atoms with E-state index in [0.717, 1.165) is 48.2 Å². The smallest absolute Gasteiger partial charge is 0.226 e. The predicted molar refractivity (Wildman–Crippen MR) is 92.6 cm³/mol. The summed E-state index contributed by atoms with van der Waals surface area (Å²) >= 11 is 0. The Labute approximate surface area is 138 Å². The van der Waals surface area contributed by atoms with Gasteiger partial charge in [0, 0.05) is 11.9 Å². The highest BCUT2D eigenvalue weighted by atomic mass is 16.5. The molecule has 23 heavy (non-hydrogen) atoms. The van der Waals surface area contributed by atoms with Gasteiger partial charge in [-0.25, -0.2) is 0 Å². The molecule has 0 saturated heterocycles. The van der Waals surface area contributed by atoms with Crippen molar-refractivity contribution in [2.24, 2.45) is 0 Å². The Balaban J connectivity index is 1.89. The second kappa shape index (κ2) is 8.11. The maximum atomic E-state index is 12.1. The minimum atomic E-state index is -0.00101. The third kappa shape index (κ3) is 4.55. The average molecular weight is 317 g/mol. The molecule has 0 aliphatic rings. The standard InChI is InChI=1S/C18H27N3O2/c1-5-21(6-2)9-7-8-19-17(22)12-16-15-11-13(3)10-14(4)18(15)23-20-16/h10-11H,5-9,12H2,1-4H3,(H,19,22). The number of benzene rings is 1. The van der Waals surface area contributed by atoms with Gasteiger partial charge in [-0.2, -0.15) is 0 Å². The molecule has 2 aromatic rings. The normalized spacial score (nSPS) is 11.3. The van der Waals surface area contributed by atoms with Gasteiger partial charge in [0.15, 0.2) is 5.58 Å². The number of amides is 1. The Morgan fingerprint density at radius 2 is 2.00 bits per heavy atom. The van der Waals surface area contributed by atoms with Crippen LogP contribution in [0.5, 0.6) is 0 Å².